The smallest absolute Gasteiger partial charge is 0.306 e. The molecule has 0 saturated heterocycles. The highest BCUT2D eigenvalue weighted by Gasteiger charge is 2.22. The van der Waals surface area contributed by atoms with Gasteiger partial charge in [0.1, 0.15) is 19.8 Å². The molecule has 87 heavy (non-hydrogen) atoms. The van der Waals surface area contributed by atoms with Crippen LogP contribution in [0.4, 0.5) is 0 Å². The summed E-state index contributed by atoms with van der Waals surface area (Å²) < 4.78 is 34.4. The molecule has 0 radical (unpaired) electrons. The van der Waals surface area contributed by atoms with E-state index in [-0.39, 0.29) is 32.0 Å². The van der Waals surface area contributed by atoms with Crippen molar-refractivity contribution < 1.29 is 42.1 Å². The normalized spacial score (nSPS) is 13.5. The van der Waals surface area contributed by atoms with Crippen molar-refractivity contribution in [1.82, 2.24) is 0 Å². The maximum atomic E-state index is 12.9. The molecule has 508 valence electrons. The molecule has 9 nitrogen and oxygen atoms in total. The van der Waals surface area contributed by atoms with E-state index in [1.54, 1.807) is 0 Å². The summed E-state index contributed by atoms with van der Waals surface area (Å²) in [7, 11) is 1.18. The molecule has 0 spiro atoms. The van der Waals surface area contributed by atoms with Gasteiger partial charge >= 0.3 is 11.9 Å². The number of nitrogens with zero attached hydrogens (tertiary/aromatic N) is 1. The van der Waals surface area contributed by atoms with E-state index in [4.69, 9.17) is 18.5 Å². The molecular weight excluding hydrogens is 1100 g/mol. The number of unbranched alkanes of at least 4 members (excludes halogenated alkanes) is 43. The topological polar surface area (TPSA) is 111 Å². The van der Waals surface area contributed by atoms with Crippen molar-refractivity contribution in [3.8, 4) is 0 Å². The number of esters is 2. The quantitative estimate of drug-likeness (QED) is 0.0195. The zero-order chi connectivity index (χ0) is 63.4. The van der Waals surface area contributed by atoms with E-state index in [2.05, 4.69) is 86.8 Å². The monoisotopic (exact) mass is 1240 g/mol. The van der Waals surface area contributed by atoms with Crippen molar-refractivity contribution in [2.75, 3.05) is 47.5 Å². The maximum absolute atomic E-state index is 12.9. The van der Waals surface area contributed by atoms with Gasteiger partial charge in [0, 0.05) is 12.8 Å². The zero-order valence-corrected chi connectivity index (χ0v) is 58.9. The van der Waals surface area contributed by atoms with Crippen molar-refractivity contribution in [1.29, 1.82) is 0 Å². The Morgan fingerprint density at radius 2 is 0.655 bits per heavy atom. The number of phosphoric ester groups is 1. The Balaban J connectivity index is 3.99. The van der Waals surface area contributed by atoms with Gasteiger partial charge in [0.25, 0.3) is 7.82 Å². The third-order valence-corrected chi connectivity index (χ3v) is 17.5. The first kappa shape index (κ1) is 84.5. The minimum absolute atomic E-state index is 0.0306. The number of quaternary nitrogens is 1. The molecule has 0 aromatic heterocycles. The van der Waals surface area contributed by atoms with Crippen LogP contribution in [-0.4, -0.2) is 70.0 Å². The standard InChI is InChI=1S/C77H142NO8P/c1-6-8-10-12-14-16-18-20-22-24-26-28-30-32-34-36-38-39-40-42-44-46-48-50-52-54-56-58-60-62-64-66-68-70-77(80)86-75(74-85-87(81,82)84-72-71-78(3,4)5)73-83-76(79)69-67-65-63-61-59-57-55-53-51-49-47-45-43-41-37-35-33-31-29-27-25-23-21-19-17-15-13-11-9-7-2/h8,10,14,16,20,22,26,28,32,34,38-39,75H,6-7,9,11-13,15,17-19,21,23-25,27,29-31,33,35-37,40-74H2,1-5H3/b10-8-,16-14-,22-20-,28-26-,34-32-,39-38-. The van der Waals surface area contributed by atoms with Crippen LogP contribution in [0.1, 0.15) is 354 Å². The number of carbonyl (C=O) groups excluding carboxylic acids is 2. The van der Waals surface area contributed by atoms with Crippen LogP contribution in [0.2, 0.25) is 0 Å². The highest BCUT2D eigenvalue weighted by molar-refractivity contribution is 7.45. The second-order valence-corrected chi connectivity index (χ2v) is 27.7. The third kappa shape index (κ3) is 72.4. The summed E-state index contributed by atoms with van der Waals surface area (Å²) in [5.41, 5.74) is 0. The number of hydrogen-bond acceptors (Lipinski definition) is 8. The van der Waals surface area contributed by atoms with Crippen LogP contribution in [-0.2, 0) is 32.7 Å². The lowest BCUT2D eigenvalue weighted by atomic mass is 10.0. The summed E-state index contributed by atoms with van der Waals surface area (Å²) in [5, 5.41) is 0. The van der Waals surface area contributed by atoms with E-state index in [1.807, 2.05) is 21.1 Å². The van der Waals surface area contributed by atoms with Crippen LogP contribution in [0.25, 0.3) is 0 Å². The van der Waals surface area contributed by atoms with Crippen LogP contribution in [0.3, 0.4) is 0 Å². The van der Waals surface area contributed by atoms with Gasteiger partial charge in [-0.25, -0.2) is 0 Å². The van der Waals surface area contributed by atoms with Crippen molar-refractivity contribution in [3.05, 3.63) is 72.9 Å². The van der Waals surface area contributed by atoms with Crippen LogP contribution in [0.15, 0.2) is 72.9 Å². The van der Waals surface area contributed by atoms with Gasteiger partial charge in [0.15, 0.2) is 6.10 Å². The molecule has 0 rings (SSSR count). The average Bonchev–Trinajstić information content (AvgIpc) is 3.50. The molecule has 2 atom stereocenters. The van der Waals surface area contributed by atoms with E-state index in [9.17, 15) is 19.0 Å². The Morgan fingerprint density at radius 3 is 0.977 bits per heavy atom. The van der Waals surface area contributed by atoms with E-state index in [1.165, 1.54) is 244 Å². The fourth-order valence-corrected chi connectivity index (χ4v) is 11.6. The summed E-state index contributed by atoms with van der Waals surface area (Å²) in [4.78, 5) is 38.1. The van der Waals surface area contributed by atoms with Gasteiger partial charge in [-0.05, 0) is 64.2 Å². The molecule has 0 fully saturated rings. The molecule has 0 heterocycles. The predicted octanol–water partition coefficient (Wildman–Crippen LogP) is 23.7. The van der Waals surface area contributed by atoms with Crippen molar-refractivity contribution in [2.24, 2.45) is 0 Å². The second-order valence-electron chi connectivity index (χ2n) is 26.3. The number of ether oxygens (including phenoxy) is 2. The van der Waals surface area contributed by atoms with E-state index in [0.717, 1.165) is 77.0 Å². The predicted molar refractivity (Wildman–Crippen MR) is 374 cm³/mol. The third-order valence-electron chi connectivity index (χ3n) is 16.5. The number of carbonyl (C=O) groups is 2. The number of rotatable bonds is 69. The SMILES string of the molecule is CC/C=C\C/C=C\C/C=C\C/C=C\C/C=C\C/C=C\CCCCCCCCCCCCCCCCC(=O)OC(COC(=O)CCCCCCCCCCCCCCCCCCCCCCCCCCCCCCCC)COP(=O)([O-])OCC[N+](C)(C)C. The molecule has 0 N–H and O–H groups in total. The van der Waals surface area contributed by atoms with Crippen LogP contribution in [0.5, 0.6) is 0 Å². The summed E-state index contributed by atoms with van der Waals surface area (Å²) in [6.45, 7) is 4.19. The molecule has 2 unspecified atom stereocenters. The zero-order valence-electron chi connectivity index (χ0n) is 58.0. The minimum Gasteiger partial charge on any atom is -0.756 e. The molecule has 10 heteroatoms. The van der Waals surface area contributed by atoms with E-state index >= 15 is 0 Å². The summed E-state index contributed by atoms with van der Waals surface area (Å²) in [5.74, 6) is -0.817. The molecular formula is C77H142NO8P. The number of likely N-dealkylation sites (N-methyl/N-ethyl adjacent to an activating group) is 1. The lowest BCUT2D eigenvalue weighted by molar-refractivity contribution is -0.870. The first-order valence-electron chi connectivity index (χ1n) is 37.1. The highest BCUT2D eigenvalue weighted by Crippen LogP contribution is 2.38. The lowest BCUT2D eigenvalue weighted by Gasteiger charge is -2.28. The largest absolute Gasteiger partial charge is 0.756 e. The average molecular weight is 1240 g/mol. The van der Waals surface area contributed by atoms with Crippen LogP contribution >= 0.6 is 7.82 Å². The maximum Gasteiger partial charge on any atom is 0.306 e. The Hall–Kier alpha value is -2.55. The van der Waals surface area contributed by atoms with E-state index < -0.39 is 26.5 Å². The van der Waals surface area contributed by atoms with Crippen molar-refractivity contribution in [3.63, 3.8) is 0 Å². The van der Waals surface area contributed by atoms with Crippen LogP contribution < -0.4 is 4.89 Å². The van der Waals surface area contributed by atoms with Crippen molar-refractivity contribution in [2.45, 2.75) is 360 Å². The molecule has 0 saturated carbocycles. The second kappa shape index (κ2) is 67.8. The molecule has 0 aliphatic heterocycles. The van der Waals surface area contributed by atoms with E-state index in [0.29, 0.717) is 17.4 Å². The molecule has 0 bridgehead atoms. The van der Waals surface area contributed by atoms with Crippen LogP contribution in [0, 0.1) is 0 Å². The van der Waals surface area contributed by atoms with Gasteiger partial charge in [0.2, 0.25) is 0 Å². The highest BCUT2D eigenvalue weighted by atomic mass is 31.2. The summed E-state index contributed by atoms with van der Waals surface area (Å²) in [6, 6.07) is 0. The Bertz CT molecular complexity index is 1700. The fourth-order valence-electron chi connectivity index (χ4n) is 10.8. The van der Waals surface area contributed by atoms with Gasteiger partial charge < -0.3 is 27.9 Å². The van der Waals surface area contributed by atoms with Gasteiger partial charge in [0.05, 0.1) is 27.7 Å². The minimum atomic E-state index is -4.64. The first-order chi connectivity index (χ1) is 42.5. The summed E-state index contributed by atoms with van der Waals surface area (Å²) in [6.07, 6.45) is 91.4. The number of phosphoric acid groups is 1. The van der Waals surface area contributed by atoms with Crippen molar-refractivity contribution >= 4 is 19.8 Å². The molecule has 0 aliphatic rings. The number of allylic oxidation sites excluding steroid dienone is 12. The Labute approximate surface area is 539 Å². The molecule has 0 aliphatic carbocycles. The Kier molecular flexibility index (Phi) is 65.8. The van der Waals surface area contributed by atoms with Gasteiger partial charge in [-0.15, -0.1) is 0 Å². The first-order valence-corrected chi connectivity index (χ1v) is 38.6. The van der Waals surface area contributed by atoms with Gasteiger partial charge in [-0.2, -0.15) is 0 Å². The molecule has 0 aromatic rings. The van der Waals surface area contributed by atoms with Gasteiger partial charge in [-0.1, -0.05) is 350 Å². The molecule has 0 aromatic carbocycles. The number of hydrogen-bond donors (Lipinski definition) is 0. The fraction of sp³-hybridized carbons (Fsp3) is 0.818. The Morgan fingerprint density at radius 1 is 0.368 bits per heavy atom. The lowest BCUT2D eigenvalue weighted by Crippen LogP contribution is -2.37. The summed E-state index contributed by atoms with van der Waals surface area (Å²) >= 11 is 0. The molecule has 0 amide bonds. The van der Waals surface area contributed by atoms with Gasteiger partial charge in [-0.3, -0.25) is 14.2 Å².